The third-order valence-corrected chi connectivity index (χ3v) is 10.5. The summed E-state index contributed by atoms with van der Waals surface area (Å²) in [6, 6.07) is 57.7. The van der Waals surface area contributed by atoms with Crippen molar-refractivity contribution in [1.29, 1.82) is 0 Å². The van der Waals surface area contributed by atoms with E-state index in [1.165, 1.54) is 86.3 Å². The summed E-state index contributed by atoms with van der Waals surface area (Å²) in [6.45, 7) is 0. The maximum absolute atomic E-state index is 2.43. The summed E-state index contributed by atoms with van der Waals surface area (Å²) in [7, 11) is 0. The Morgan fingerprint density at radius 3 is 1.87 bits per heavy atom. The van der Waals surface area contributed by atoms with E-state index in [1.807, 2.05) is 11.3 Å². The summed E-state index contributed by atoms with van der Waals surface area (Å²) in [5, 5.41) is 7.73. The van der Waals surface area contributed by atoms with Crippen molar-refractivity contribution in [1.82, 2.24) is 9.13 Å². The van der Waals surface area contributed by atoms with Gasteiger partial charge in [0.25, 0.3) is 0 Å². The van der Waals surface area contributed by atoms with E-state index in [2.05, 4.69) is 167 Å². The van der Waals surface area contributed by atoms with E-state index >= 15 is 0 Å². The normalized spacial score (nSPS) is 12.0. The predicted octanol–water partition coefficient (Wildman–Crippen LogP) is 11.9. The van der Waals surface area contributed by atoms with Crippen LogP contribution in [-0.4, -0.2) is 9.13 Å². The highest BCUT2D eigenvalue weighted by Crippen LogP contribution is 2.42. The first-order chi connectivity index (χ1) is 22.3. The smallest absolute Gasteiger partial charge is 0.0547 e. The Balaban J connectivity index is 1.23. The zero-order chi connectivity index (χ0) is 29.5. The van der Waals surface area contributed by atoms with Crippen molar-refractivity contribution in [2.45, 2.75) is 0 Å². The van der Waals surface area contributed by atoms with Gasteiger partial charge in [-0.3, -0.25) is 0 Å². The van der Waals surface area contributed by atoms with Crippen LogP contribution < -0.4 is 0 Å². The number of hydrogen-bond acceptors (Lipinski definition) is 1. The number of benzene rings is 7. The van der Waals surface area contributed by atoms with Crippen molar-refractivity contribution in [2.75, 3.05) is 0 Å². The molecule has 10 rings (SSSR count). The van der Waals surface area contributed by atoms with Gasteiger partial charge in [-0.15, -0.1) is 11.3 Å². The molecule has 0 aliphatic carbocycles. The second kappa shape index (κ2) is 9.43. The summed E-state index contributed by atoms with van der Waals surface area (Å²) in [6.07, 6.45) is 0. The van der Waals surface area contributed by atoms with Crippen LogP contribution in [0.25, 0.3) is 86.3 Å². The maximum Gasteiger partial charge on any atom is 0.0547 e. The molecular formula is C42H26N2S. The monoisotopic (exact) mass is 590 g/mol. The van der Waals surface area contributed by atoms with Gasteiger partial charge in [0.15, 0.2) is 0 Å². The Morgan fingerprint density at radius 1 is 0.356 bits per heavy atom. The van der Waals surface area contributed by atoms with Crippen molar-refractivity contribution < 1.29 is 0 Å². The third-order valence-electron chi connectivity index (χ3n) is 9.31. The van der Waals surface area contributed by atoms with Crippen LogP contribution in [0.1, 0.15) is 0 Å². The molecule has 0 bridgehead atoms. The molecule has 10 aromatic rings. The van der Waals surface area contributed by atoms with Gasteiger partial charge in [0, 0.05) is 53.1 Å². The van der Waals surface area contributed by atoms with E-state index in [0.717, 1.165) is 0 Å². The topological polar surface area (TPSA) is 9.86 Å². The standard InChI is InChI=1S/C42H26N2S/c1-2-11-28(12-3-1)43-37-18-8-5-15-33(37)42-30(16-10-19-39(42)43)27-21-23-38-34(25-27)31-13-4-7-17-36(31)44(38)29-22-24-41-35(26-29)32-14-6-9-20-40(32)45-41/h1-26H. The zero-order valence-corrected chi connectivity index (χ0v) is 25.1. The molecule has 2 nitrogen and oxygen atoms in total. The molecule has 3 heterocycles. The largest absolute Gasteiger partial charge is 0.309 e. The third kappa shape index (κ3) is 3.56. The molecule has 45 heavy (non-hydrogen) atoms. The average Bonchev–Trinajstić information content (AvgIpc) is 3.76. The lowest BCUT2D eigenvalue weighted by molar-refractivity contribution is 1.18. The number of nitrogens with zero attached hydrogens (tertiary/aromatic N) is 2. The van der Waals surface area contributed by atoms with E-state index < -0.39 is 0 Å². The number of para-hydroxylation sites is 3. The van der Waals surface area contributed by atoms with Gasteiger partial charge in [-0.2, -0.15) is 0 Å². The first-order valence-corrected chi connectivity index (χ1v) is 16.2. The molecule has 210 valence electrons. The van der Waals surface area contributed by atoms with Gasteiger partial charge in [-0.05, 0) is 77.9 Å². The second-order valence-corrected chi connectivity index (χ2v) is 12.8. The van der Waals surface area contributed by atoms with Gasteiger partial charge in [0.2, 0.25) is 0 Å². The van der Waals surface area contributed by atoms with Crippen LogP contribution in [-0.2, 0) is 0 Å². The summed E-state index contributed by atoms with van der Waals surface area (Å²) >= 11 is 1.87. The molecule has 0 saturated heterocycles. The Hall–Kier alpha value is -5.64. The highest BCUT2D eigenvalue weighted by atomic mass is 32.1. The van der Waals surface area contributed by atoms with Crippen LogP contribution in [0.5, 0.6) is 0 Å². The zero-order valence-electron chi connectivity index (χ0n) is 24.3. The summed E-state index contributed by atoms with van der Waals surface area (Å²) < 4.78 is 7.48. The van der Waals surface area contributed by atoms with Gasteiger partial charge < -0.3 is 9.13 Å². The number of fused-ring (bicyclic) bond motifs is 9. The number of thiophene rings is 1. The van der Waals surface area contributed by atoms with Crippen LogP contribution in [0.3, 0.4) is 0 Å². The lowest BCUT2D eigenvalue weighted by atomic mass is 9.98. The Morgan fingerprint density at radius 2 is 1.00 bits per heavy atom. The Kier molecular flexibility index (Phi) is 5.19. The quantitative estimate of drug-likeness (QED) is 0.194. The van der Waals surface area contributed by atoms with Crippen LogP contribution in [0.2, 0.25) is 0 Å². The predicted molar refractivity (Wildman–Crippen MR) is 193 cm³/mol. The number of rotatable bonds is 3. The van der Waals surface area contributed by atoms with Crippen molar-refractivity contribution in [3.05, 3.63) is 158 Å². The highest BCUT2D eigenvalue weighted by molar-refractivity contribution is 7.25. The van der Waals surface area contributed by atoms with Gasteiger partial charge in [-0.25, -0.2) is 0 Å². The van der Waals surface area contributed by atoms with E-state index in [4.69, 9.17) is 0 Å². The van der Waals surface area contributed by atoms with Gasteiger partial charge in [0.1, 0.15) is 0 Å². The van der Waals surface area contributed by atoms with Crippen LogP contribution >= 0.6 is 11.3 Å². The van der Waals surface area contributed by atoms with Gasteiger partial charge in [0.05, 0.1) is 22.1 Å². The molecule has 0 amide bonds. The van der Waals surface area contributed by atoms with Crippen molar-refractivity contribution in [3.8, 4) is 22.5 Å². The van der Waals surface area contributed by atoms with Crippen molar-refractivity contribution >= 4 is 75.1 Å². The molecule has 0 N–H and O–H groups in total. The van der Waals surface area contributed by atoms with E-state index in [1.54, 1.807) is 0 Å². The van der Waals surface area contributed by atoms with E-state index in [-0.39, 0.29) is 0 Å². The lowest BCUT2D eigenvalue weighted by Gasteiger charge is -2.10. The molecule has 0 unspecified atom stereocenters. The highest BCUT2D eigenvalue weighted by Gasteiger charge is 2.18. The summed E-state index contributed by atoms with van der Waals surface area (Å²) in [5.41, 5.74) is 9.74. The molecule has 0 aliphatic rings. The molecule has 0 atom stereocenters. The minimum Gasteiger partial charge on any atom is -0.309 e. The van der Waals surface area contributed by atoms with E-state index in [0.29, 0.717) is 0 Å². The SMILES string of the molecule is c1ccc(-n2c3ccccc3c3c(-c4ccc5c(c4)c4ccccc4n5-c4ccc5sc6ccccc6c5c4)cccc32)cc1. The van der Waals surface area contributed by atoms with Gasteiger partial charge >= 0.3 is 0 Å². The fraction of sp³-hybridized carbons (Fsp3) is 0. The van der Waals surface area contributed by atoms with Crippen LogP contribution in [0.15, 0.2) is 158 Å². The molecule has 3 heteroatoms. The van der Waals surface area contributed by atoms with Crippen molar-refractivity contribution in [3.63, 3.8) is 0 Å². The fourth-order valence-electron chi connectivity index (χ4n) is 7.39. The first-order valence-electron chi connectivity index (χ1n) is 15.4. The van der Waals surface area contributed by atoms with E-state index in [9.17, 15) is 0 Å². The molecule has 7 aromatic carbocycles. The number of hydrogen-bond donors (Lipinski definition) is 0. The number of aromatic nitrogens is 2. The van der Waals surface area contributed by atoms with Gasteiger partial charge in [-0.1, -0.05) is 91.0 Å². The molecule has 0 saturated carbocycles. The lowest BCUT2D eigenvalue weighted by Crippen LogP contribution is -1.93. The van der Waals surface area contributed by atoms with Crippen LogP contribution in [0, 0.1) is 0 Å². The minimum atomic E-state index is 1.18. The second-order valence-electron chi connectivity index (χ2n) is 11.8. The Bertz CT molecular complexity index is 2760. The molecular weight excluding hydrogens is 565 g/mol. The molecule has 0 fully saturated rings. The van der Waals surface area contributed by atoms with Crippen LogP contribution in [0.4, 0.5) is 0 Å². The maximum atomic E-state index is 2.43. The van der Waals surface area contributed by atoms with Crippen molar-refractivity contribution in [2.24, 2.45) is 0 Å². The molecule has 3 aromatic heterocycles. The first kappa shape index (κ1) is 24.8. The molecule has 0 radical (unpaired) electrons. The fourth-order valence-corrected chi connectivity index (χ4v) is 8.47. The molecule has 0 spiro atoms. The minimum absolute atomic E-state index is 1.18. The Labute approximate surface area is 263 Å². The average molecular weight is 591 g/mol. The molecule has 0 aliphatic heterocycles. The summed E-state index contributed by atoms with van der Waals surface area (Å²) in [5.74, 6) is 0. The summed E-state index contributed by atoms with van der Waals surface area (Å²) in [4.78, 5) is 0.